The molecule has 0 fully saturated rings. The van der Waals surface area contributed by atoms with Gasteiger partial charge in [0.1, 0.15) is 5.82 Å². The average molecular weight is 377 g/mol. The lowest BCUT2D eigenvalue weighted by atomic mass is 10.0. The van der Waals surface area contributed by atoms with Crippen LogP contribution in [0.2, 0.25) is 0 Å². The van der Waals surface area contributed by atoms with Crippen LogP contribution in [0.15, 0.2) is 67.0 Å². The van der Waals surface area contributed by atoms with Gasteiger partial charge in [-0.2, -0.15) is 0 Å². The summed E-state index contributed by atoms with van der Waals surface area (Å²) in [6.07, 6.45) is 2.75. The maximum absolute atomic E-state index is 13.3. The first-order valence-electron chi connectivity index (χ1n) is 8.86. The molecule has 1 aromatic heterocycles. The Morgan fingerprint density at radius 1 is 0.893 bits per heavy atom. The van der Waals surface area contributed by atoms with Gasteiger partial charge in [-0.3, -0.25) is 14.6 Å². The zero-order valence-corrected chi connectivity index (χ0v) is 15.6. The third-order valence-electron chi connectivity index (χ3n) is 4.18. The van der Waals surface area contributed by atoms with Gasteiger partial charge in [0.05, 0.1) is 11.1 Å². The van der Waals surface area contributed by atoms with E-state index in [2.05, 4.69) is 15.6 Å². The number of carbonyl (C=O) groups is 2. The van der Waals surface area contributed by atoms with Crippen LogP contribution in [0.3, 0.4) is 0 Å². The van der Waals surface area contributed by atoms with Crippen LogP contribution in [0.5, 0.6) is 0 Å². The molecular weight excluding hydrogens is 357 g/mol. The predicted octanol–water partition coefficient (Wildman–Crippen LogP) is 4.85. The number of hydrogen-bond acceptors (Lipinski definition) is 3. The van der Waals surface area contributed by atoms with E-state index in [1.807, 2.05) is 38.1 Å². The first kappa shape index (κ1) is 19.2. The smallest absolute Gasteiger partial charge is 0.257 e. The molecule has 6 heteroatoms. The number of nitrogens with one attached hydrogen (secondary N) is 2. The number of anilines is 2. The summed E-state index contributed by atoms with van der Waals surface area (Å²) in [6, 6.07) is 14.6. The Morgan fingerprint density at radius 3 is 2.25 bits per heavy atom. The molecule has 0 aliphatic heterocycles. The van der Waals surface area contributed by atoms with E-state index in [9.17, 15) is 14.0 Å². The van der Waals surface area contributed by atoms with E-state index in [1.54, 1.807) is 6.07 Å². The van der Waals surface area contributed by atoms with Gasteiger partial charge in [0.2, 0.25) is 0 Å². The summed E-state index contributed by atoms with van der Waals surface area (Å²) in [6.45, 7) is 4.09. The normalized spacial score (nSPS) is 10.6. The van der Waals surface area contributed by atoms with E-state index in [0.717, 1.165) is 11.3 Å². The molecule has 0 saturated heterocycles. The van der Waals surface area contributed by atoms with Crippen molar-refractivity contribution < 1.29 is 14.0 Å². The molecule has 28 heavy (non-hydrogen) atoms. The third-order valence-corrected chi connectivity index (χ3v) is 4.18. The van der Waals surface area contributed by atoms with Crippen LogP contribution < -0.4 is 10.6 Å². The number of benzene rings is 2. The van der Waals surface area contributed by atoms with Crippen molar-refractivity contribution in [3.63, 3.8) is 0 Å². The van der Waals surface area contributed by atoms with E-state index >= 15 is 0 Å². The second kappa shape index (κ2) is 8.43. The number of rotatable bonds is 5. The summed E-state index contributed by atoms with van der Waals surface area (Å²) in [4.78, 5) is 29.0. The topological polar surface area (TPSA) is 71.1 Å². The average Bonchev–Trinajstić information content (AvgIpc) is 2.68. The van der Waals surface area contributed by atoms with E-state index < -0.39 is 11.7 Å². The number of para-hydroxylation sites is 1. The number of carbonyl (C=O) groups excluding carboxylic acids is 2. The molecule has 142 valence electrons. The van der Waals surface area contributed by atoms with Gasteiger partial charge in [-0.1, -0.05) is 38.1 Å². The second-order valence-electron chi connectivity index (χ2n) is 6.62. The molecule has 2 N–H and O–H groups in total. The van der Waals surface area contributed by atoms with Gasteiger partial charge in [0.15, 0.2) is 0 Å². The zero-order valence-electron chi connectivity index (χ0n) is 15.6. The number of nitrogens with zero attached hydrogens (tertiary/aromatic N) is 1. The lowest BCUT2D eigenvalue weighted by Crippen LogP contribution is -2.17. The summed E-state index contributed by atoms with van der Waals surface area (Å²) in [5, 5.41) is 5.46. The monoisotopic (exact) mass is 377 g/mol. The van der Waals surface area contributed by atoms with Crippen molar-refractivity contribution in [3.8, 4) is 0 Å². The van der Waals surface area contributed by atoms with Crippen molar-refractivity contribution in [3.05, 3.63) is 89.5 Å². The Kier molecular flexibility index (Phi) is 5.79. The highest BCUT2D eigenvalue weighted by Crippen LogP contribution is 2.24. The molecule has 0 unspecified atom stereocenters. The molecular formula is C22H20FN3O2. The first-order valence-corrected chi connectivity index (χ1v) is 8.86. The fraction of sp³-hybridized carbons (Fsp3) is 0.136. The molecule has 0 aliphatic rings. The maximum atomic E-state index is 13.3. The Morgan fingerprint density at radius 2 is 1.57 bits per heavy atom. The number of pyridine rings is 1. The van der Waals surface area contributed by atoms with Gasteiger partial charge in [-0.05, 0) is 41.8 Å². The lowest BCUT2D eigenvalue weighted by molar-refractivity contribution is 0.102. The highest BCUT2D eigenvalue weighted by atomic mass is 19.1. The van der Waals surface area contributed by atoms with Crippen molar-refractivity contribution in [2.24, 2.45) is 0 Å². The minimum Gasteiger partial charge on any atom is -0.322 e. The SMILES string of the molecule is CC(C)c1ccccc1NC(=O)c1cncc(C(=O)Nc2cccc(F)c2)c1. The van der Waals surface area contributed by atoms with Crippen LogP contribution in [0.4, 0.5) is 15.8 Å². The van der Waals surface area contributed by atoms with Crippen LogP contribution >= 0.6 is 0 Å². The molecule has 0 spiro atoms. The van der Waals surface area contributed by atoms with Crippen molar-refractivity contribution >= 4 is 23.2 Å². The van der Waals surface area contributed by atoms with Crippen LogP contribution in [-0.2, 0) is 0 Å². The summed E-state index contributed by atoms with van der Waals surface area (Å²) in [5.41, 5.74) is 2.52. The number of aromatic nitrogens is 1. The van der Waals surface area contributed by atoms with Crippen molar-refractivity contribution in [2.45, 2.75) is 19.8 Å². The second-order valence-corrected chi connectivity index (χ2v) is 6.62. The summed E-state index contributed by atoms with van der Waals surface area (Å²) >= 11 is 0. The van der Waals surface area contributed by atoms with Crippen LogP contribution in [0, 0.1) is 5.82 Å². The molecule has 2 aromatic carbocycles. The minimum absolute atomic E-state index is 0.203. The highest BCUT2D eigenvalue weighted by Gasteiger charge is 2.14. The van der Waals surface area contributed by atoms with E-state index in [4.69, 9.17) is 0 Å². The van der Waals surface area contributed by atoms with E-state index in [1.165, 1.54) is 36.7 Å². The number of halogens is 1. The van der Waals surface area contributed by atoms with Gasteiger partial charge < -0.3 is 10.6 Å². The van der Waals surface area contributed by atoms with Crippen LogP contribution in [0.25, 0.3) is 0 Å². The Bertz CT molecular complexity index is 1020. The molecule has 0 bridgehead atoms. The molecule has 0 atom stereocenters. The maximum Gasteiger partial charge on any atom is 0.257 e. The fourth-order valence-corrected chi connectivity index (χ4v) is 2.77. The molecule has 2 amide bonds. The molecule has 1 heterocycles. The number of hydrogen-bond donors (Lipinski definition) is 2. The lowest BCUT2D eigenvalue weighted by Gasteiger charge is -2.13. The Balaban J connectivity index is 1.77. The summed E-state index contributed by atoms with van der Waals surface area (Å²) in [5.74, 6) is -1.04. The molecule has 0 saturated carbocycles. The van der Waals surface area contributed by atoms with Gasteiger partial charge >= 0.3 is 0 Å². The van der Waals surface area contributed by atoms with Gasteiger partial charge in [-0.15, -0.1) is 0 Å². The molecule has 3 rings (SSSR count). The largest absolute Gasteiger partial charge is 0.322 e. The van der Waals surface area contributed by atoms with E-state index in [0.29, 0.717) is 5.69 Å². The third kappa shape index (κ3) is 4.59. The van der Waals surface area contributed by atoms with Crippen molar-refractivity contribution in [1.82, 2.24) is 4.98 Å². The predicted molar refractivity (Wildman–Crippen MR) is 107 cm³/mol. The minimum atomic E-state index is -0.477. The van der Waals surface area contributed by atoms with Crippen LogP contribution in [-0.4, -0.2) is 16.8 Å². The Labute approximate surface area is 162 Å². The molecule has 3 aromatic rings. The van der Waals surface area contributed by atoms with E-state index in [-0.39, 0.29) is 23.0 Å². The Hall–Kier alpha value is -3.54. The number of amides is 2. The fourth-order valence-electron chi connectivity index (χ4n) is 2.77. The highest BCUT2D eigenvalue weighted by molar-refractivity contribution is 6.08. The summed E-state index contributed by atoms with van der Waals surface area (Å²) < 4.78 is 13.3. The van der Waals surface area contributed by atoms with Gasteiger partial charge in [0, 0.05) is 23.8 Å². The van der Waals surface area contributed by atoms with Gasteiger partial charge in [-0.25, -0.2) is 4.39 Å². The molecule has 0 radical (unpaired) electrons. The molecule has 0 aliphatic carbocycles. The van der Waals surface area contributed by atoms with Gasteiger partial charge in [0.25, 0.3) is 11.8 Å². The quantitative estimate of drug-likeness (QED) is 0.668. The van der Waals surface area contributed by atoms with Crippen molar-refractivity contribution in [1.29, 1.82) is 0 Å². The molecule has 5 nitrogen and oxygen atoms in total. The zero-order chi connectivity index (χ0) is 20.1. The van der Waals surface area contributed by atoms with Crippen molar-refractivity contribution in [2.75, 3.05) is 10.6 Å². The summed E-state index contributed by atoms with van der Waals surface area (Å²) in [7, 11) is 0. The standard InChI is InChI=1S/C22H20FN3O2/c1-14(2)19-8-3-4-9-20(19)26-22(28)16-10-15(12-24-13-16)21(27)25-18-7-5-6-17(23)11-18/h3-14H,1-2H3,(H,25,27)(H,26,28). The van der Waals surface area contributed by atoms with Crippen LogP contribution in [0.1, 0.15) is 46.0 Å². The first-order chi connectivity index (χ1) is 13.4.